The minimum atomic E-state index is 0.629. The zero-order chi connectivity index (χ0) is 13.8. The van der Waals surface area contributed by atoms with Gasteiger partial charge in [0, 0.05) is 45.0 Å². The van der Waals surface area contributed by atoms with Crippen molar-refractivity contribution in [3.63, 3.8) is 0 Å². The molecular formula is C15H24N4. The summed E-state index contributed by atoms with van der Waals surface area (Å²) in [5.74, 6) is 0. The normalized spacial score (nSPS) is 20.4. The second-order valence-electron chi connectivity index (χ2n) is 5.43. The smallest absolute Gasteiger partial charge is 0.120 e. The number of hydrogen-bond donors (Lipinski definition) is 1. The molecule has 1 fully saturated rings. The number of hydrogen-bond acceptors (Lipinski definition) is 3. The predicted octanol–water partition coefficient (Wildman–Crippen LogP) is 1.78. The van der Waals surface area contributed by atoms with Crippen molar-refractivity contribution in [2.24, 2.45) is 7.05 Å². The SMILES string of the molecule is CCC[C@@H]1CNCCN1Cc1cc(C#N)n(C)c1C. The molecule has 1 atom stereocenters. The predicted molar refractivity (Wildman–Crippen MR) is 76.8 cm³/mol. The molecular weight excluding hydrogens is 236 g/mol. The monoisotopic (exact) mass is 260 g/mol. The Labute approximate surface area is 116 Å². The highest BCUT2D eigenvalue weighted by Crippen LogP contribution is 2.19. The standard InChI is InChI=1S/C15H24N4/c1-4-5-14-10-17-6-7-19(14)11-13-8-15(9-16)18(3)12(13)2/h8,14,17H,4-7,10-11H2,1-3H3/t14-/m1/s1. The van der Waals surface area contributed by atoms with Gasteiger partial charge in [-0.15, -0.1) is 0 Å². The largest absolute Gasteiger partial charge is 0.340 e. The summed E-state index contributed by atoms with van der Waals surface area (Å²) in [6, 6.07) is 4.93. The molecule has 2 heterocycles. The van der Waals surface area contributed by atoms with Crippen molar-refractivity contribution < 1.29 is 0 Å². The van der Waals surface area contributed by atoms with Crippen molar-refractivity contribution in [1.29, 1.82) is 5.26 Å². The van der Waals surface area contributed by atoms with E-state index in [0.29, 0.717) is 6.04 Å². The van der Waals surface area contributed by atoms with Gasteiger partial charge in [0.2, 0.25) is 0 Å². The molecule has 1 aromatic rings. The molecule has 1 N–H and O–H groups in total. The fraction of sp³-hybridized carbons (Fsp3) is 0.667. The van der Waals surface area contributed by atoms with Crippen LogP contribution < -0.4 is 5.32 Å². The van der Waals surface area contributed by atoms with E-state index < -0.39 is 0 Å². The van der Waals surface area contributed by atoms with Gasteiger partial charge < -0.3 is 9.88 Å². The van der Waals surface area contributed by atoms with Gasteiger partial charge >= 0.3 is 0 Å². The summed E-state index contributed by atoms with van der Waals surface area (Å²) < 4.78 is 1.99. The molecule has 4 nitrogen and oxygen atoms in total. The van der Waals surface area contributed by atoms with Crippen LogP contribution in [0.3, 0.4) is 0 Å². The van der Waals surface area contributed by atoms with Crippen LogP contribution in [0.5, 0.6) is 0 Å². The Morgan fingerprint density at radius 1 is 1.53 bits per heavy atom. The highest BCUT2D eigenvalue weighted by Gasteiger charge is 2.22. The molecule has 0 aliphatic carbocycles. The van der Waals surface area contributed by atoms with Crippen molar-refractivity contribution in [1.82, 2.24) is 14.8 Å². The highest BCUT2D eigenvalue weighted by atomic mass is 15.2. The molecule has 0 unspecified atom stereocenters. The quantitative estimate of drug-likeness (QED) is 0.897. The molecule has 0 bridgehead atoms. The van der Waals surface area contributed by atoms with Crippen LogP contribution in [0.15, 0.2) is 6.07 Å². The number of rotatable bonds is 4. The second-order valence-corrected chi connectivity index (χ2v) is 5.43. The third-order valence-corrected chi connectivity index (χ3v) is 4.22. The molecule has 0 spiro atoms. The van der Waals surface area contributed by atoms with Gasteiger partial charge in [-0.2, -0.15) is 5.26 Å². The van der Waals surface area contributed by atoms with Crippen LogP contribution in [0.25, 0.3) is 0 Å². The molecule has 1 aliphatic rings. The number of aromatic nitrogens is 1. The lowest BCUT2D eigenvalue weighted by Crippen LogP contribution is -2.50. The molecule has 2 rings (SSSR count). The van der Waals surface area contributed by atoms with Crippen molar-refractivity contribution in [3.8, 4) is 6.07 Å². The molecule has 104 valence electrons. The minimum Gasteiger partial charge on any atom is -0.340 e. The Bertz CT molecular complexity index is 467. The first kappa shape index (κ1) is 14.1. The van der Waals surface area contributed by atoms with Gasteiger partial charge in [0.25, 0.3) is 0 Å². The number of nitrogens with one attached hydrogen (secondary N) is 1. The maximum absolute atomic E-state index is 9.10. The van der Waals surface area contributed by atoms with Crippen molar-refractivity contribution in [2.45, 2.75) is 39.3 Å². The zero-order valence-electron chi connectivity index (χ0n) is 12.2. The van der Waals surface area contributed by atoms with Gasteiger partial charge in [-0.3, -0.25) is 4.90 Å². The number of piperazine rings is 1. The molecule has 0 radical (unpaired) electrons. The summed E-state index contributed by atoms with van der Waals surface area (Å²) in [6.45, 7) is 8.57. The Morgan fingerprint density at radius 3 is 2.95 bits per heavy atom. The van der Waals surface area contributed by atoms with Crippen LogP contribution >= 0.6 is 0 Å². The van der Waals surface area contributed by atoms with E-state index in [1.807, 2.05) is 17.7 Å². The summed E-state index contributed by atoms with van der Waals surface area (Å²) in [4.78, 5) is 2.56. The van der Waals surface area contributed by atoms with Gasteiger partial charge in [-0.25, -0.2) is 0 Å². The van der Waals surface area contributed by atoms with Gasteiger partial charge in [0.1, 0.15) is 11.8 Å². The maximum Gasteiger partial charge on any atom is 0.120 e. The first-order valence-electron chi connectivity index (χ1n) is 7.17. The van der Waals surface area contributed by atoms with Gasteiger partial charge in [0.05, 0.1) is 0 Å². The Morgan fingerprint density at radius 2 is 2.32 bits per heavy atom. The third kappa shape index (κ3) is 2.99. The Hall–Kier alpha value is -1.31. The summed E-state index contributed by atoms with van der Waals surface area (Å²) >= 11 is 0. The summed E-state index contributed by atoms with van der Waals surface area (Å²) in [7, 11) is 1.97. The number of nitrogens with zero attached hydrogens (tertiary/aromatic N) is 3. The zero-order valence-corrected chi connectivity index (χ0v) is 12.2. The Balaban J connectivity index is 2.13. The topological polar surface area (TPSA) is 44.0 Å². The lowest BCUT2D eigenvalue weighted by atomic mass is 10.1. The minimum absolute atomic E-state index is 0.629. The van der Waals surface area contributed by atoms with Crippen molar-refractivity contribution >= 4 is 0 Å². The average Bonchev–Trinajstić information content (AvgIpc) is 2.69. The Kier molecular flexibility index (Phi) is 4.62. The van der Waals surface area contributed by atoms with Crippen LogP contribution in [-0.4, -0.2) is 35.1 Å². The van der Waals surface area contributed by atoms with E-state index in [0.717, 1.165) is 31.9 Å². The van der Waals surface area contributed by atoms with E-state index in [1.54, 1.807) is 0 Å². The first-order valence-corrected chi connectivity index (χ1v) is 7.17. The van der Waals surface area contributed by atoms with E-state index in [1.165, 1.54) is 24.1 Å². The van der Waals surface area contributed by atoms with E-state index >= 15 is 0 Å². The number of nitriles is 1. The van der Waals surface area contributed by atoms with E-state index in [9.17, 15) is 0 Å². The summed E-state index contributed by atoms with van der Waals surface area (Å²) in [6.07, 6.45) is 2.46. The molecule has 1 aromatic heterocycles. The second kappa shape index (κ2) is 6.23. The van der Waals surface area contributed by atoms with Crippen LogP contribution in [0, 0.1) is 18.3 Å². The summed E-state index contributed by atoms with van der Waals surface area (Å²) in [5, 5.41) is 12.6. The van der Waals surface area contributed by atoms with Crippen LogP contribution in [-0.2, 0) is 13.6 Å². The fourth-order valence-corrected chi connectivity index (χ4v) is 2.88. The molecule has 19 heavy (non-hydrogen) atoms. The lowest BCUT2D eigenvalue weighted by Gasteiger charge is -2.36. The maximum atomic E-state index is 9.10. The average molecular weight is 260 g/mol. The molecule has 1 saturated heterocycles. The van der Waals surface area contributed by atoms with E-state index in [2.05, 4.69) is 30.1 Å². The van der Waals surface area contributed by atoms with Gasteiger partial charge in [0.15, 0.2) is 0 Å². The molecule has 4 heteroatoms. The lowest BCUT2D eigenvalue weighted by molar-refractivity contribution is 0.144. The van der Waals surface area contributed by atoms with Crippen LogP contribution in [0.4, 0.5) is 0 Å². The molecule has 1 aliphatic heterocycles. The molecule has 0 amide bonds. The first-order chi connectivity index (χ1) is 9.17. The van der Waals surface area contributed by atoms with E-state index in [4.69, 9.17) is 5.26 Å². The highest BCUT2D eigenvalue weighted by molar-refractivity contribution is 5.34. The third-order valence-electron chi connectivity index (χ3n) is 4.22. The van der Waals surface area contributed by atoms with Gasteiger partial charge in [-0.1, -0.05) is 13.3 Å². The van der Waals surface area contributed by atoms with Crippen molar-refractivity contribution in [2.75, 3.05) is 19.6 Å². The van der Waals surface area contributed by atoms with Gasteiger partial charge in [-0.05, 0) is 25.0 Å². The van der Waals surface area contributed by atoms with Crippen molar-refractivity contribution in [3.05, 3.63) is 23.0 Å². The molecule has 0 saturated carbocycles. The summed E-state index contributed by atoms with van der Waals surface area (Å²) in [5.41, 5.74) is 3.27. The molecule has 0 aromatic carbocycles. The van der Waals surface area contributed by atoms with E-state index in [-0.39, 0.29) is 0 Å². The van der Waals surface area contributed by atoms with Crippen LogP contribution in [0.1, 0.15) is 36.7 Å². The fourth-order valence-electron chi connectivity index (χ4n) is 2.88. The van der Waals surface area contributed by atoms with Crippen LogP contribution in [0.2, 0.25) is 0 Å².